The molecule has 5 rings (SSSR count). The topological polar surface area (TPSA) is 97.2 Å². The third-order valence-electron chi connectivity index (χ3n) is 9.21. The van der Waals surface area contributed by atoms with E-state index in [4.69, 9.17) is 11.6 Å². The van der Waals surface area contributed by atoms with Gasteiger partial charge in [0.2, 0.25) is 11.6 Å². The molecule has 3 fully saturated rings. The second kappa shape index (κ2) is 10.3. The molecule has 4 atom stereocenters. The number of nitrogens with one attached hydrogen (secondary N) is 2. The summed E-state index contributed by atoms with van der Waals surface area (Å²) in [6.07, 6.45) is 9.70. The van der Waals surface area contributed by atoms with Crippen LogP contribution in [-0.2, 0) is 20.2 Å². The first-order valence-electron chi connectivity index (χ1n) is 13.5. The number of alkyl halides is 3. The van der Waals surface area contributed by atoms with Crippen LogP contribution in [0.1, 0.15) is 81.5 Å². The van der Waals surface area contributed by atoms with Gasteiger partial charge < -0.3 is 10.2 Å². The maximum Gasteiger partial charge on any atom is 0.511 e. The molecule has 0 bridgehead atoms. The fraction of sp³-hybridized carbons (Fsp3) is 0.760. The molecule has 3 unspecified atom stereocenters. The summed E-state index contributed by atoms with van der Waals surface area (Å²) in [4.78, 5) is 19.3. The Balaban J connectivity index is 1.47. The highest BCUT2D eigenvalue weighted by atomic mass is 35.5. The number of likely N-dealkylation sites (tertiary alicyclic amines) is 1. The van der Waals surface area contributed by atoms with Crippen LogP contribution in [0.5, 0.6) is 0 Å². The number of hydrogen-bond acceptors (Lipinski definition) is 3. The van der Waals surface area contributed by atoms with Crippen LogP contribution in [0.2, 0.25) is 5.15 Å². The molecule has 4 N–H and O–H groups in total. The van der Waals surface area contributed by atoms with Crippen molar-refractivity contribution in [3.05, 3.63) is 28.5 Å². The third kappa shape index (κ3) is 5.01. The zero-order valence-electron chi connectivity index (χ0n) is 20.8. The molecule has 2 aliphatic carbocycles. The Morgan fingerprint density at radius 3 is 2.57 bits per heavy atom. The van der Waals surface area contributed by atoms with Gasteiger partial charge in [-0.3, -0.25) is 4.79 Å². The average Bonchev–Trinajstić information content (AvgIpc) is 3.29. The number of pyridine rings is 1. The summed E-state index contributed by atoms with van der Waals surface area (Å²) in [6.45, 7) is 1.97. The van der Waals surface area contributed by atoms with Gasteiger partial charge in [0.15, 0.2) is 0 Å². The second-order valence-electron chi connectivity index (χ2n) is 11.2. The Morgan fingerprint density at radius 2 is 1.84 bits per heavy atom. The number of H-pyrrole nitrogens is 1. The number of carbonyl (C=O) groups excluding carboxylic acids is 1. The Labute approximate surface area is 221 Å². The van der Waals surface area contributed by atoms with Crippen LogP contribution in [0.25, 0.3) is 0 Å². The molecule has 2 aliphatic heterocycles. The van der Waals surface area contributed by atoms with Crippen LogP contribution < -0.4 is 15.0 Å². The molecule has 3 heterocycles. The predicted molar refractivity (Wildman–Crippen MR) is 131 cm³/mol. The van der Waals surface area contributed by atoms with E-state index in [9.17, 15) is 26.4 Å². The van der Waals surface area contributed by atoms with Gasteiger partial charge in [-0.25, -0.2) is 8.42 Å². The molecule has 37 heavy (non-hydrogen) atoms. The number of rotatable bonds is 4. The quantitative estimate of drug-likeness (QED) is 0.550. The molecule has 7 nitrogen and oxygen atoms in total. The predicted octanol–water partition coefficient (Wildman–Crippen LogP) is 2.82. The fourth-order valence-corrected chi connectivity index (χ4v) is 8.38. The van der Waals surface area contributed by atoms with Gasteiger partial charge in [0.05, 0.1) is 18.5 Å². The van der Waals surface area contributed by atoms with E-state index in [1.165, 1.54) is 19.3 Å². The van der Waals surface area contributed by atoms with E-state index < -0.39 is 27.0 Å². The van der Waals surface area contributed by atoms with E-state index in [1.54, 1.807) is 12.1 Å². The highest BCUT2D eigenvalue weighted by molar-refractivity contribution is 7.90. The Kier molecular flexibility index (Phi) is 7.54. The number of nitrogens with zero attached hydrogens (tertiary/aromatic N) is 1. The van der Waals surface area contributed by atoms with Crippen LogP contribution >= 0.6 is 11.6 Å². The molecule has 2 saturated heterocycles. The highest BCUT2D eigenvalue weighted by Crippen LogP contribution is 2.47. The lowest BCUT2D eigenvalue weighted by Crippen LogP contribution is -2.82. The van der Waals surface area contributed by atoms with Crippen molar-refractivity contribution in [3.63, 3.8) is 0 Å². The number of halogens is 4. The average molecular weight is 565 g/mol. The molecule has 0 radical (unpaired) electrons. The molecule has 4 aliphatic rings. The number of nitrogens with two attached hydrogens (primary N) is 1. The summed E-state index contributed by atoms with van der Waals surface area (Å²) in [5.74, 6) is 0.343. The number of aromatic amines is 1. The molecular formula is C25H36ClF3N4O3S+2. The Hall–Kier alpha value is -1.43. The van der Waals surface area contributed by atoms with E-state index in [-0.39, 0.29) is 29.4 Å². The number of carbonyl (C=O) groups is 1. The van der Waals surface area contributed by atoms with E-state index in [0.29, 0.717) is 36.7 Å². The lowest BCUT2D eigenvalue weighted by atomic mass is 9.64. The van der Waals surface area contributed by atoms with E-state index in [1.807, 2.05) is 4.72 Å². The van der Waals surface area contributed by atoms with Gasteiger partial charge in [0, 0.05) is 24.2 Å². The first-order chi connectivity index (χ1) is 17.5. The van der Waals surface area contributed by atoms with Crippen LogP contribution in [0.3, 0.4) is 0 Å². The van der Waals surface area contributed by atoms with Crippen molar-refractivity contribution in [2.75, 3.05) is 19.6 Å². The molecule has 1 amide bonds. The van der Waals surface area contributed by atoms with Crippen molar-refractivity contribution in [2.45, 2.75) is 87.2 Å². The summed E-state index contributed by atoms with van der Waals surface area (Å²) < 4.78 is 65.2. The molecule has 12 heteroatoms. The van der Waals surface area contributed by atoms with Crippen LogP contribution in [-0.4, -0.2) is 50.4 Å². The highest BCUT2D eigenvalue weighted by Gasteiger charge is 2.59. The molecule has 1 aromatic rings. The van der Waals surface area contributed by atoms with Gasteiger partial charge in [0.25, 0.3) is 5.15 Å². The van der Waals surface area contributed by atoms with E-state index in [2.05, 4.69) is 15.2 Å². The van der Waals surface area contributed by atoms with Crippen LogP contribution in [0.15, 0.2) is 12.1 Å². The number of sulfonamides is 1. The molecular weight excluding hydrogens is 529 g/mol. The van der Waals surface area contributed by atoms with Gasteiger partial charge in [-0.1, -0.05) is 19.3 Å². The lowest BCUT2D eigenvalue weighted by molar-refractivity contribution is -0.640. The van der Waals surface area contributed by atoms with Gasteiger partial charge in [-0.15, -0.1) is 0 Å². The number of aromatic nitrogens is 1. The minimum Gasteiger partial charge on any atom is -0.345 e. The normalized spacial score (nSPS) is 31.5. The first kappa shape index (κ1) is 27.1. The standard InChI is InChI=1S/C25H34ClF3N4O3S/c26-21-10-9-17-22(31-21)19(32-37(35,36)25(27,28)29)11-12-24(17)15-30-14-18(24)23(34)33-13-5-4-8-20(33)16-6-2-1-3-7-16/h9-10,16,18-20,30,32H,1-8,11-15H2/p+2/t18?,19?,20?,24-/m0/s1. The minimum absolute atomic E-state index is 0.138. The van der Waals surface area contributed by atoms with Gasteiger partial charge in [-0.05, 0) is 68.5 Å². The van der Waals surface area contributed by atoms with Gasteiger partial charge >= 0.3 is 15.5 Å². The summed E-state index contributed by atoms with van der Waals surface area (Å²) in [5.41, 5.74) is -5.00. The van der Waals surface area contributed by atoms with Crippen molar-refractivity contribution in [2.24, 2.45) is 11.8 Å². The number of hydrogen-bond donors (Lipinski definition) is 2. The Bertz CT molecular complexity index is 1130. The molecule has 206 valence electrons. The monoisotopic (exact) mass is 564 g/mol. The van der Waals surface area contributed by atoms with Crippen molar-refractivity contribution < 1.29 is 36.7 Å². The summed E-state index contributed by atoms with van der Waals surface area (Å²) in [7, 11) is -5.55. The maximum atomic E-state index is 14.3. The summed E-state index contributed by atoms with van der Waals surface area (Å²) >= 11 is 6.19. The number of piperidine rings is 1. The number of fused-ring (bicyclic) bond motifs is 2. The molecule has 1 saturated carbocycles. The number of amides is 1. The zero-order valence-corrected chi connectivity index (χ0v) is 22.4. The summed E-state index contributed by atoms with van der Waals surface area (Å²) in [6, 6.07) is 2.54. The largest absolute Gasteiger partial charge is 0.511 e. The van der Waals surface area contributed by atoms with Gasteiger partial charge in [-0.2, -0.15) is 22.9 Å². The van der Waals surface area contributed by atoms with Crippen LogP contribution in [0, 0.1) is 11.8 Å². The Morgan fingerprint density at radius 1 is 1.11 bits per heavy atom. The zero-order chi connectivity index (χ0) is 26.4. The fourth-order valence-electron chi connectivity index (χ4n) is 7.47. The van der Waals surface area contributed by atoms with Crippen molar-refractivity contribution in [3.8, 4) is 0 Å². The van der Waals surface area contributed by atoms with E-state index >= 15 is 0 Å². The first-order valence-corrected chi connectivity index (χ1v) is 15.3. The second-order valence-corrected chi connectivity index (χ2v) is 13.3. The molecule has 1 spiro atoms. The molecule has 0 aromatic carbocycles. The minimum atomic E-state index is -5.55. The van der Waals surface area contributed by atoms with Gasteiger partial charge in [0.1, 0.15) is 12.0 Å². The smallest absolute Gasteiger partial charge is 0.345 e. The maximum absolute atomic E-state index is 14.3. The third-order valence-corrected chi connectivity index (χ3v) is 10.6. The van der Waals surface area contributed by atoms with Crippen molar-refractivity contribution >= 4 is 27.5 Å². The van der Waals surface area contributed by atoms with Crippen molar-refractivity contribution in [1.29, 1.82) is 0 Å². The van der Waals surface area contributed by atoms with Crippen LogP contribution in [0.4, 0.5) is 13.2 Å². The lowest BCUT2D eigenvalue weighted by Gasteiger charge is -2.45. The molecule has 1 aromatic heterocycles. The van der Waals surface area contributed by atoms with Crippen molar-refractivity contribution in [1.82, 2.24) is 9.62 Å². The van der Waals surface area contributed by atoms with E-state index in [0.717, 1.165) is 38.6 Å². The SMILES string of the molecule is O=C(C1C[NH2+]C[C@]12CCC(NS(=O)(=O)C(F)(F)F)c1[nH+]c(Cl)ccc12)N1CCCCC1C1CCCCC1. The summed E-state index contributed by atoms with van der Waals surface area (Å²) in [5, 5.41) is 2.31. The number of quaternary nitrogens is 1.